The second-order valence-electron chi connectivity index (χ2n) is 5.90. The van der Waals surface area contributed by atoms with Crippen LogP contribution in [0.2, 0.25) is 0 Å². The summed E-state index contributed by atoms with van der Waals surface area (Å²) in [4.78, 5) is 12.1. The summed E-state index contributed by atoms with van der Waals surface area (Å²) >= 11 is 0. The Kier molecular flexibility index (Phi) is 4.57. The number of aliphatic hydroxyl groups is 1. The minimum Gasteiger partial charge on any atom is -0.387 e. The fourth-order valence-corrected chi connectivity index (χ4v) is 2.83. The van der Waals surface area contributed by atoms with E-state index in [0.29, 0.717) is 12.0 Å². The third-order valence-electron chi connectivity index (χ3n) is 4.20. The fourth-order valence-electron chi connectivity index (χ4n) is 2.83. The molecule has 1 fully saturated rings. The smallest absolute Gasteiger partial charge is 0.223 e. The Morgan fingerprint density at radius 2 is 1.83 bits per heavy atom. The highest BCUT2D eigenvalue weighted by Gasteiger charge is 2.46. The minimum atomic E-state index is -1.05. The van der Waals surface area contributed by atoms with E-state index >= 15 is 0 Å². The Labute approximate surface area is 137 Å². The first-order chi connectivity index (χ1) is 11.5. The molecule has 1 aliphatic rings. The largest absolute Gasteiger partial charge is 0.387 e. The Morgan fingerprint density at radius 3 is 2.50 bits per heavy atom. The van der Waals surface area contributed by atoms with Gasteiger partial charge >= 0.3 is 0 Å². The summed E-state index contributed by atoms with van der Waals surface area (Å²) in [6.07, 6.45) is -0.688. The van der Waals surface area contributed by atoms with Crippen molar-refractivity contribution in [2.75, 3.05) is 6.54 Å². The zero-order valence-electron chi connectivity index (χ0n) is 12.7. The molecule has 3 nitrogen and oxygen atoms in total. The Bertz CT molecular complexity index is 745. The van der Waals surface area contributed by atoms with Gasteiger partial charge < -0.3 is 10.4 Å². The number of carbonyl (C=O) groups is 1. The first-order valence-corrected chi connectivity index (χ1v) is 7.62. The fraction of sp³-hybridized carbons (Fsp3) is 0.278. The third kappa shape index (κ3) is 3.43. The van der Waals surface area contributed by atoms with Crippen LogP contribution < -0.4 is 5.32 Å². The van der Waals surface area contributed by atoms with Crippen LogP contribution in [0, 0.1) is 23.4 Å². The lowest BCUT2D eigenvalue weighted by Gasteiger charge is -2.12. The predicted molar refractivity (Wildman–Crippen MR) is 81.6 cm³/mol. The highest BCUT2D eigenvalue weighted by molar-refractivity contribution is 5.83. The van der Waals surface area contributed by atoms with Crippen LogP contribution in [0.25, 0.3) is 0 Å². The van der Waals surface area contributed by atoms with E-state index in [-0.39, 0.29) is 18.0 Å². The third-order valence-corrected chi connectivity index (χ3v) is 4.20. The standard InChI is InChI=1S/C18H16F3NO2/c19-11-4-1-3-10(7-11)16(23)9-22-18(24)13-8-12(13)17-14(20)5-2-6-15(17)21/h1-7,12-13,16,23H,8-9H2,(H,22,24)/t12-,13+,16-/m0/s1. The van der Waals surface area contributed by atoms with Gasteiger partial charge in [0.1, 0.15) is 17.5 Å². The van der Waals surface area contributed by atoms with E-state index in [1.165, 1.54) is 36.4 Å². The maximum absolute atomic E-state index is 13.7. The lowest BCUT2D eigenvalue weighted by molar-refractivity contribution is -0.122. The number of hydrogen-bond acceptors (Lipinski definition) is 2. The Balaban J connectivity index is 1.57. The van der Waals surface area contributed by atoms with E-state index in [9.17, 15) is 23.1 Å². The van der Waals surface area contributed by atoms with E-state index in [1.54, 1.807) is 6.07 Å². The molecule has 2 N–H and O–H groups in total. The maximum Gasteiger partial charge on any atom is 0.223 e. The van der Waals surface area contributed by atoms with Gasteiger partial charge in [-0.2, -0.15) is 0 Å². The van der Waals surface area contributed by atoms with Gasteiger partial charge in [0.2, 0.25) is 5.91 Å². The molecule has 2 aromatic carbocycles. The van der Waals surface area contributed by atoms with Crippen LogP contribution in [0.15, 0.2) is 42.5 Å². The van der Waals surface area contributed by atoms with E-state index in [0.717, 1.165) is 0 Å². The van der Waals surface area contributed by atoms with Crippen molar-refractivity contribution >= 4 is 5.91 Å². The van der Waals surface area contributed by atoms with Crippen LogP contribution >= 0.6 is 0 Å². The second kappa shape index (κ2) is 6.65. The maximum atomic E-state index is 13.7. The van der Waals surface area contributed by atoms with Crippen LogP contribution in [0.4, 0.5) is 13.2 Å². The zero-order chi connectivity index (χ0) is 17.3. The van der Waals surface area contributed by atoms with Gasteiger partial charge in [-0.25, -0.2) is 13.2 Å². The van der Waals surface area contributed by atoms with Crippen LogP contribution in [-0.4, -0.2) is 17.6 Å². The van der Waals surface area contributed by atoms with Gasteiger partial charge in [0.15, 0.2) is 0 Å². The number of rotatable bonds is 5. The van der Waals surface area contributed by atoms with Crippen molar-refractivity contribution < 1.29 is 23.1 Å². The molecule has 0 aromatic heterocycles. The van der Waals surface area contributed by atoms with E-state index in [4.69, 9.17) is 0 Å². The summed E-state index contributed by atoms with van der Waals surface area (Å²) in [7, 11) is 0. The van der Waals surface area contributed by atoms with Gasteiger partial charge in [-0.15, -0.1) is 0 Å². The molecule has 1 amide bonds. The summed E-state index contributed by atoms with van der Waals surface area (Å²) in [6.45, 7) is -0.0920. The molecular formula is C18H16F3NO2. The summed E-state index contributed by atoms with van der Waals surface area (Å²) in [5.41, 5.74) is 0.283. The van der Waals surface area contributed by atoms with E-state index in [1.807, 2.05) is 0 Å². The molecule has 0 bridgehead atoms. The average molecular weight is 335 g/mol. The van der Waals surface area contributed by atoms with Crippen molar-refractivity contribution in [3.8, 4) is 0 Å². The summed E-state index contributed by atoms with van der Waals surface area (Å²) < 4.78 is 40.5. The first-order valence-electron chi connectivity index (χ1n) is 7.62. The van der Waals surface area contributed by atoms with Crippen LogP contribution in [0.1, 0.15) is 29.6 Å². The second-order valence-corrected chi connectivity index (χ2v) is 5.90. The SMILES string of the molecule is O=C(NC[C@H](O)c1cccc(F)c1)[C@@H]1C[C@@H]1c1c(F)cccc1F. The Morgan fingerprint density at radius 1 is 1.17 bits per heavy atom. The average Bonchev–Trinajstić information content (AvgIpc) is 3.32. The lowest BCUT2D eigenvalue weighted by atomic mass is 10.1. The highest BCUT2D eigenvalue weighted by Crippen LogP contribution is 2.49. The molecule has 0 saturated heterocycles. The van der Waals surface area contributed by atoms with Crippen LogP contribution in [0.3, 0.4) is 0 Å². The monoisotopic (exact) mass is 335 g/mol. The normalized spacial score (nSPS) is 20.5. The van der Waals surface area contributed by atoms with Crippen LogP contribution in [-0.2, 0) is 4.79 Å². The van der Waals surface area contributed by atoms with Gasteiger partial charge in [-0.1, -0.05) is 18.2 Å². The molecule has 2 aromatic rings. The Hall–Kier alpha value is -2.34. The number of carbonyl (C=O) groups excluding carboxylic acids is 1. The van der Waals surface area contributed by atoms with Crippen molar-refractivity contribution in [2.45, 2.75) is 18.4 Å². The predicted octanol–water partition coefficient (Wildman–Crippen LogP) is 3.06. The zero-order valence-corrected chi connectivity index (χ0v) is 12.7. The lowest BCUT2D eigenvalue weighted by Crippen LogP contribution is -2.30. The van der Waals surface area contributed by atoms with Gasteiger partial charge in [-0.3, -0.25) is 4.79 Å². The molecule has 0 aliphatic heterocycles. The highest BCUT2D eigenvalue weighted by atomic mass is 19.1. The number of nitrogens with one attached hydrogen (secondary N) is 1. The van der Waals surface area contributed by atoms with Gasteiger partial charge in [-0.05, 0) is 36.2 Å². The molecule has 0 unspecified atom stereocenters. The molecule has 1 aliphatic carbocycles. The molecule has 126 valence electrons. The summed E-state index contributed by atoms with van der Waals surface area (Å²) in [6, 6.07) is 9.07. The van der Waals surface area contributed by atoms with Gasteiger partial charge in [0, 0.05) is 23.9 Å². The van der Waals surface area contributed by atoms with Crippen molar-refractivity contribution in [1.82, 2.24) is 5.32 Å². The van der Waals surface area contributed by atoms with Crippen molar-refractivity contribution in [3.05, 3.63) is 71.0 Å². The molecule has 6 heteroatoms. The molecular weight excluding hydrogens is 319 g/mol. The topological polar surface area (TPSA) is 49.3 Å². The van der Waals surface area contributed by atoms with E-state index in [2.05, 4.69) is 5.32 Å². The minimum absolute atomic E-state index is 0.0664. The molecule has 0 radical (unpaired) electrons. The molecule has 3 rings (SSSR count). The van der Waals surface area contributed by atoms with Gasteiger partial charge in [0.05, 0.1) is 6.10 Å². The molecule has 0 heterocycles. The molecule has 0 spiro atoms. The molecule has 24 heavy (non-hydrogen) atoms. The van der Waals surface area contributed by atoms with Crippen molar-refractivity contribution in [3.63, 3.8) is 0 Å². The number of halogens is 3. The van der Waals surface area contributed by atoms with Gasteiger partial charge in [0.25, 0.3) is 0 Å². The summed E-state index contributed by atoms with van der Waals surface area (Å²) in [5, 5.41) is 12.5. The quantitative estimate of drug-likeness (QED) is 0.882. The summed E-state index contributed by atoms with van der Waals surface area (Å²) in [5.74, 6) is -3.17. The molecule has 3 atom stereocenters. The van der Waals surface area contributed by atoms with Crippen molar-refractivity contribution in [2.24, 2.45) is 5.92 Å². The number of hydrogen-bond donors (Lipinski definition) is 2. The molecule has 1 saturated carbocycles. The van der Waals surface area contributed by atoms with Crippen LogP contribution in [0.5, 0.6) is 0 Å². The first kappa shape index (κ1) is 16.5. The van der Waals surface area contributed by atoms with Crippen molar-refractivity contribution in [1.29, 1.82) is 0 Å². The number of benzene rings is 2. The number of amides is 1. The number of aliphatic hydroxyl groups excluding tert-OH is 1. The van der Waals surface area contributed by atoms with E-state index < -0.39 is 35.4 Å².